The number of amides is 1. The van der Waals surface area contributed by atoms with Gasteiger partial charge in [-0.3, -0.25) is 4.79 Å². The molecule has 0 aliphatic rings. The topological polar surface area (TPSA) is 102 Å². The number of ether oxygens (including phenoxy) is 1. The second-order valence-corrected chi connectivity index (χ2v) is 7.12. The largest absolute Gasteiger partial charge is 0.478 e. The van der Waals surface area contributed by atoms with Crippen LogP contribution in [0.25, 0.3) is 0 Å². The lowest BCUT2D eigenvalue weighted by Crippen LogP contribution is -2.15. The second kappa shape index (κ2) is 8.43. The third kappa shape index (κ3) is 4.80. The van der Waals surface area contributed by atoms with E-state index in [0.29, 0.717) is 3.57 Å². The number of halogens is 3. The summed E-state index contributed by atoms with van der Waals surface area (Å²) in [7, 11) is 0. The smallest absolute Gasteiger partial charge is 0.335 e. The zero-order chi connectivity index (χ0) is 21.1. The summed E-state index contributed by atoms with van der Waals surface area (Å²) in [4.78, 5) is 23.2. The van der Waals surface area contributed by atoms with E-state index in [1.54, 1.807) is 6.07 Å². The molecule has 0 saturated carbocycles. The minimum atomic E-state index is -1.18. The van der Waals surface area contributed by atoms with E-state index >= 15 is 0 Å². The number of carbonyl (C=O) groups excluding carboxylic acids is 1. The zero-order valence-corrected chi connectivity index (χ0v) is 16.7. The van der Waals surface area contributed by atoms with Gasteiger partial charge in [0.05, 0.1) is 16.9 Å². The van der Waals surface area contributed by atoms with Gasteiger partial charge in [-0.25, -0.2) is 13.6 Å². The van der Waals surface area contributed by atoms with Gasteiger partial charge in [-0.2, -0.15) is 0 Å². The van der Waals surface area contributed by atoms with Crippen LogP contribution in [0.3, 0.4) is 0 Å². The minimum absolute atomic E-state index is 0.0114. The first-order valence-electron chi connectivity index (χ1n) is 8.11. The van der Waals surface area contributed by atoms with E-state index in [2.05, 4.69) is 5.32 Å². The SMILES string of the molecule is NC(=O)c1c(Nc2ccc(I)cc2F)cc(F)cc1Oc1cccc(C(=O)O)c1. The predicted molar refractivity (Wildman–Crippen MR) is 111 cm³/mol. The fraction of sp³-hybridized carbons (Fsp3) is 0. The molecule has 0 heterocycles. The standard InChI is InChI=1S/C20H13F2IN2O4/c21-11-7-16(25-15-5-4-12(23)9-14(15)22)18(19(24)26)17(8-11)29-13-3-1-2-10(6-13)20(27)28/h1-9,25H,(H2,24,26)(H,27,28). The maximum absolute atomic E-state index is 14.2. The highest BCUT2D eigenvalue weighted by atomic mass is 127. The van der Waals surface area contributed by atoms with Crippen molar-refractivity contribution < 1.29 is 28.2 Å². The molecule has 0 bridgehead atoms. The van der Waals surface area contributed by atoms with Gasteiger partial charge >= 0.3 is 5.97 Å². The Morgan fingerprint density at radius 1 is 1.03 bits per heavy atom. The van der Waals surface area contributed by atoms with E-state index < -0.39 is 23.5 Å². The van der Waals surface area contributed by atoms with Gasteiger partial charge in [0.15, 0.2) is 0 Å². The number of nitrogens with one attached hydrogen (secondary N) is 1. The van der Waals surface area contributed by atoms with Crippen molar-refractivity contribution in [2.24, 2.45) is 5.73 Å². The molecule has 0 spiro atoms. The summed E-state index contributed by atoms with van der Waals surface area (Å²) in [6.07, 6.45) is 0. The normalized spacial score (nSPS) is 10.4. The third-order valence-corrected chi connectivity index (χ3v) is 4.49. The van der Waals surface area contributed by atoms with Gasteiger partial charge in [0, 0.05) is 9.64 Å². The van der Waals surface area contributed by atoms with E-state index in [1.165, 1.54) is 36.4 Å². The number of nitrogens with two attached hydrogens (primary N) is 1. The molecule has 0 fully saturated rings. The molecule has 4 N–H and O–H groups in total. The fourth-order valence-corrected chi connectivity index (χ4v) is 3.02. The molecule has 0 aliphatic heterocycles. The molecule has 9 heteroatoms. The van der Waals surface area contributed by atoms with Gasteiger partial charge < -0.3 is 20.9 Å². The monoisotopic (exact) mass is 510 g/mol. The molecule has 29 heavy (non-hydrogen) atoms. The maximum atomic E-state index is 14.2. The van der Waals surface area contributed by atoms with Gasteiger partial charge in [-0.05, 0) is 65.1 Å². The van der Waals surface area contributed by atoms with Gasteiger partial charge in [0.25, 0.3) is 5.91 Å². The molecule has 3 rings (SSSR count). The number of aromatic carboxylic acids is 1. The number of carboxylic acids is 1. The first kappa shape index (κ1) is 20.5. The lowest BCUT2D eigenvalue weighted by Gasteiger charge is -2.16. The van der Waals surface area contributed by atoms with Crippen LogP contribution in [0.2, 0.25) is 0 Å². The summed E-state index contributed by atoms with van der Waals surface area (Å²) < 4.78 is 34.5. The van der Waals surface area contributed by atoms with Crippen LogP contribution in [0.4, 0.5) is 20.2 Å². The molecule has 148 valence electrons. The summed E-state index contributed by atoms with van der Waals surface area (Å²) in [5, 5.41) is 11.7. The molecule has 0 aromatic heterocycles. The lowest BCUT2D eigenvalue weighted by molar-refractivity contribution is 0.0696. The number of hydrogen-bond acceptors (Lipinski definition) is 4. The number of carboxylic acid groups (broad SMARTS) is 1. The van der Waals surface area contributed by atoms with Crippen LogP contribution >= 0.6 is 22.6 Å². The number of rotatable bonds is 6. The fourth-order valence-electron chi connectivity index (χ4n) is 2.57. The molecule has 3 aromatic carbocycles. The van der Waals surface area contributed by atoms with Crippen molar-refractivity contribution in [3.63, 3.8) is 0 Å². The molecule has 1 amide bonds. The highest BCUT2D eigenvalue weighted by Gasteiger charge is 2.20. The number of carbonyl (C=O) groups is 2. The minimum Gasteiger partial charge on any atom is -0.478 e. The first-order chi connectivity index (χ1) is 13.7. The lowest BCUT2D eigenvalue weighted by atomic mass is 10.1. The third-order valence-electron chi connectivity index (χ3n) is 3.82. The van der Waals surface area contributed by atoms with Crippen molar-refractivity contribution in [3.05, 3.63) is 80.9 Å². The Morgan fingerprint density at radius 3 is 2.45 bits per heavy atom. The van der Waals surface area contributed by atoms with Gasteiger partial charge in [-0.1, -0.05) is 6.07 Å². The van der Waals surface area contributed by atoms with Crippen molar-refractivity contribution >= 4 is 45.8 Å². The molecule has 0 radical (unpaired) electrons. The molecule has 3 aromatic rings. The zero-order valence-electron chi connectivity index (χ0n) is 14.6. The Kier molecular flexibility index (Phi) is 5.97. The van der Waals surface area contributed by atoms with Crippen molar-refractivity contribution in [2.75, 3.05) is 5.32 Å². The van der Waals surface area contributed by atoms with Gasteiger partial charge in [-0.15, -0.1) is 0 Å². The number of primary amides is 1. The van der Waals surface area contributed by atoms with E-state index in [9.17, 15) is 18.4 Å². The molecule has 6 nitrogen and oxygen atoms in total. The van der Waals surface area contributed by atoms with Crippen molar-refractivity contribution in [3.8, 4) is 11.5 Å². The summed E-state index contributed by atoms with van der Waals surface area (Å²) in [6.45, 7) is 0. The molecular weight excluding hydrogens is 497 g/mol. The maximum Gasteiger partial charge on any atom is 0.335 e. The number of benzene rings is 3. The summed E-state index contributed by atoms with van der Waals surface area (Å²) >= 11 is 1.94. The predicted octanol–water partition coefficient (Wildman–Crippen LogP) is 4.90. The van der Waals surface area contributed by atoms with Gasteiger partial charge in [0.2, 0.25) is 0 Å². The average Bonchev–Trinajstić information content (AvgIpc) is 2.63. The average molecular weight is 510 g/mol. The Hall–Kier alpha value is -3.21. The molecular formula is C20H13F2IN2O4. The Morgan fingerprint density at radius 2 is 1.79 bits per heavy atom. The van der Waals surface area contributed by atoms with Crippen molar-refractivity contribution in [2.45, 2.75) is 0 Å². The molecule has 0 unspecified atom stereocenters. The van der Waals surface area contributed by atoms with E-state index in [4.69, 9.17) is 15.6 Å². The Labute approximate surface area is 177 Å². The quantitative estimate of drug-likeness (QED) is 0.410. The highest BCUT2D eigenvalue weighted by Crippen LogP contribution is 2.34. The van der Waals surface area contributed by atoms with E-state index in [0.717, 1.165) is 12.1 Å². The molecule has 0 saturated heterocycles. The highest BCUT2D eigenvalue weighted by molar-refractivity contribution is 14.1. The van der Waals surface area contributed by atoms with Gasteiger partial charge in [0.1, 0.15) is 28.7 Å². The van der Waals surface area contributed by atoms with Crippen molar-refractivity contribution in [1.82, 2.24) is 0 Å². The van der Waals surface area contributed by atoms with Crippen LogP contribution in [0.5, 0.6) is 11.5 Å². The van der Waals surface area contributed by atoms with E-state index in [1.807, 2.05) is 22.6 Å². The second-order valence-electron chi connectivity index (χ2n) is 5.87. The van der Waals surface area contributed by atoms with E-state index in [-0.39, 0.29) is 34.0 Å². The Bertz CT molecular complexity index is 1120. The van der Waals surface area contributed by atoms with Crippen LogP contribution in [0.1, 0.15) is 20.7 Å². The van der Waals surface area contributed by atoms with Crippen molar-refractivity contribution in [1.29, 1.82) is 0 Å². The summed E-state index contributed by atoms with van der Waals surface area (Å²) in [5.41, 5.74) is 5.08. The summed E-state index contributed by atoms with van der Waals surface area (Å²) in [5.74, 6) is -3.68. The number of hydrogen-bond donors (Lipinski definition) is 3. The Balaban J connectivity index is 2.05. The number of anilines is 2. The summed E-state index contributed by atoms with van der Waals surface area (Å²) in [6, 6.07) is 11.7. The van der Waals surface area contributed by atoms with Crippen LogP contribution in [-0.4, -0.2) is 17.0 Å². The van der Waals surface area contributed by atoms with Crippen LogP contribution in [0, 0.1) is 15.2 Å². The molecule has 0 atom stereocenters. The first-order valence-corrected chi connectivity index (χ1v) is 9.19. The van der Waals surface area contributed by atoms with Crippen LogP contribution in [0.15, 0.2) is 54.6 Å². The van der Waals surface area contributed by atoms with Crippen LogP contribution < -0.4 is 15.8 Å². The molecule has 0 aliphatic carbocycles. The van der Waals surface area contributed by atoms with Crippen LogP contribution in [-0.2, 0) is 0 Å².